The van der Waals surface area contributed by atoms with Crippen molar-refractivity contribution in [1.29, 1.82) is 0 Å². The van der Waals surface area contributed by atoms with Crippen molar-refractivity contribution in [3.8, 4) is 0 Å². The van der Waals surface area contributed by atoms with Gasteiger partial charge in [0, 0.05) is 11.8 Å². The average Bonchev–Trinajstić information content (AvgIpc) is 2.00. The fourth-order valence-electron chi connectivity index (χ4n) is 1.75. The van der Waals surface area contributed by atoms with Crippen molar-refractivity contribution in [1.82, 2.24) is 0 Å². The number of carbonyl (C=O) groups is 1. The lowest BCUT2D eigenvalue weighted by Gasteiger charge is -2.33. The number of nitrogens with zero attached hydrogens (tertiary/aromatic N) is 1. The molecule has 1 heterocycles. The van der Waals surface area contributed by atoms with Gasteiger partial charge in [-0.1, -0.05) is 47.6 Å². The predicted octanol–water partition coefficient (Wildman–Crippen LogP) is 3.38. The molecule has 84 valence electrons. The second-order valence-corrected chi connectivity index (χ2v) is 6.18. The molecule has 2 heteroatoms. The first-order valence-electron chi connectivity index (χ1n) is 5.45. The first kappa shape index (κ1) is 12.2. The van der Waals surface area contributed by atoms with E-state index in [-0.39, 0.29) is 16.7 Å². The van der Waals surface area contributed by atoms with E-state index in [2.05, 4.69) is 46.5 Å². The Morgan fingerprint density at radius 1 is 1.07 bits per heavy atom. The maximum atomic E-state index is 11.4. The highest BCUT2D eigenvalue weighted by atomic mass is 16.1. The molecule has 0 N–H and O–H groups in total. The van der Waals surface area contributed by atoms with Crippen LogP contribution in [-0.2, 0) is 4.79 Å². The van der Waals surface area contributed by atoms with E-state index >= 15 is 0 Å². The number of dihydropyridines is 1. The van der Waals surface area contributed by atoms with Crippen molar-refractivity contribution in [2.24, 2.45) is 15.8 Å². The number of hydrogen-bond donors (Lipinski definition) is 0. The summed E-state index contributed by atoms with van der Waals surface area (Å²) >= 11 is 0. The van der Waals surface area contributed by atoms with E-state index in [4.69, 9.17) is 0 Å². The van der Waals surface area contributed by atoms with Gasteiger partial charge in [0.05, 0.1) is 5.71 Å². The Hall–Kier alpha value is -0.920. The summed E-state index contributed by atoms with van der Waals surface area (Å²) in [4.78, 5) is 15.6. The number of amides is 1. The molecule has 0 bridgehead atoms. The maximum absolute atomic E-state index is 11.4. The van der Waals surface area contributed by atoms with Gasteiger partial charge in [0.2, 0.25) is 5.91 Å². The van der Waals surface area contributed by atoms with Crippen LogP contribution in [0.1, 0.15) is 48.0 Å². The molecule has 1 aliphatic heterocycles. The SMILES string of the molecule is CC(C)(C)C1=CCC(=O)N=C1C(C)(C)C. The zero-order valence-corrected chi connectivity index (χ0v) is 10.6. The molecule has 0 aromatic carbocycles. The van der Waals surface area contributed by atoms with Crippen LogP contribution in [0, 0.1) is 10.8 Å². The number of rotatable bonds is 0. The molecule has 0 saturated heterocycles. The van der Waals surface area contributed by atoms with Crippen LogP contribution in [0.25, 0.3) is 0 Å². The summed E-state index contributed by atoms with van der Waals surface area (Å²) in [6.45, 7) is 12.8. The monoisotopic (exact) mass is 207 g/mol. The maximum Gasteiger partial charge on any atom is 0.249 e. The van der Waals surface area contributed by atoms with Gasteiger partial charge in [0.1, 0.15) is 0 Å². The van der Waals surface area contributed by atoms with Gasteiger partial charge in [0.15, 0.2) is 0 Å². The minimum atomic E-state index is -0.0603. The van der Waals surface area contributed by atoms with Crippen LogP contribution in [0.2, 0.25) is 0 Å². The Labute approximate surface area is 92.5 Å². The minimum absolute atomic E-state index is 0.0204. The van der Waals surface area contributed by atoms with Gasteiger partial charge in [-0.2, -0.15) is 0 Å². The topological polar surface area (TPSA) is 29.4 Å². The summed E-state index contributed by atoms with van der Waals surface area (Å²) in [5, 5.41) is 0. The highest BCUT2D eigenvalue weighted by Gasteiger charge is 2.32. The minimum Gasteiger partial charge on any atom is -0.272 e. The van der Waals surface area contributed by atoms with Gasteiger partial charge in [-0.3, -0.25) is 4.79 Å². The van der Waals surface area contributed by atoms with Crippen molar-refractivity contribution < 1.29 is 4.79 Å². The fraction of sp³-hybridized carbons (Fsp3) is 0.692. The van der Waals surface area contributed by atoms with E-state index in [1.54, 1.807) is 0 Å². The molecular weight excluding hydrogens is 186 g/mol. The third-order valence-corrected chi connectivity index (χ3v) is 2.49. The molecule has 0 unspecified atom stereocenters. The lowest BCUT2D eigenvalue weighted by Crippen LogP contribution is -2.31. The Morgan fingerprint density at radius 3 is 2.00 bits per heavy atom. The van der Waals surface area contributed by atoms with E-state index in [0.29, 0.717) is 6.42 Å². The van der Waals surface area contributed by atoms with Crippen molar-refractivity contribution in [3.63, 3.8) is 0 Å². The Kier molecular flexibility index (Phi) is 2.90. The number of allylic oxidation sites excluding steroid dienone is 1. The van der Waals surface area contributed by atoms with Gasteiger partial charge in [-0.05, 0) is 11.0 Å². The lowest BCUT2D eigenvalue weighted by atomic mass is 9.73. The molecule has 1 rings (SSSR count). The van der Waals surface area contributed by atoms with E-state index in [1.807, 2.05) is 6.08 Å². The molecule has 0 saturated carbocycles. The van der Waals surface area contributed by atoms with Gasteiger partial charge < -0.3 is 0 Å². The van der Waals surface area contributed by atoms with Crippen molar-refractivity contribution >= 4 is 11.6 Å². The van der Waals surface area contributed by atoms with Gasteiger partial charge in [-0.25, -0.2) is 4.99 Å². The first-order valence-corrected chi connectivity index (χ1v) is 5.45. The highest BCUT2D eigenvalue weighted by Crippen LogP contribution is 2.35. The summed E-state index contributed by atoms with van der Waals surface area (Å²) in [7, 11) is 0. The molecule has 0 radical (unpaired) electrons. The van der Waals surface area contributed by atoms with Crippen molar-refractivity contribution in [2.45, 2.75) is 48.0 Å². The Morgan fingerprint density at radius 2 is 1.60 bits per heavy atom. The van der Waals surface area contributed by atoms with E-state index in [1.165, 1.54) is 5.57 Å². The molecule has 0 aromatic heterocycles. The molecule has 0 fully saturated rings. The van der Waals surface area contributed by atoms with Crippen molar-refractivity contribution in [2.75, 3.05) is 0 Å². The van der Waals surface area contributed by atoms with Crippen LogP contribution in [0.4, 0.5) is 0 Å². The molecule has 0 aromatic rings. The zero-order chi connectivity index (χ0) is 11.9. The Balaban J connectivity index is 3.19. The highest BCUT2D eigenvalue weighted by molar-refractivity contribution is 6.12. The third kappa shape index (κ3) is 2.77. The van der Waals surface area contributed by atoms with Crippen LogP contribution in [0.3, 0.4) is 0 Å². The average molecular weight is 207 g/mol. The molecule has 1 aliphatic rings. The van der Waals surface area contributed by atoms with Crippen LogP contribution < -0.4 is 0 Å². The predicted molar refractivity (Wildman–Crippen MR) is 64.1 cm³/mol. The summed E-state index contributed by atoms with van der Waals surface area (Å²) in [6.07, 6.45) is 2.49. The summed E-state index contributed by atoms with van der Waals surface area (Å²) in [6, 6.07) is 0. The van der Waals surface area contributed by atoms with E-state index < -0.39 is 0 Å². The molecule has 0 atom stereocenters. The van der Waals surface area contributed by atoms with E-state index in [0.717, 1.165) is 5.71 Å². The number of carbonyl (C=O) groups excluding carboxylic acids is 1. The zero-order valence-electron chi connectivity index (χ0n) is 10.6. The largest absolute Gasteiger partial charge is 0.272 e. The first-order chi connectivity index (χ1) is 6.62. The summed E-state index contributed by atoms with van der Waals surface area (Å²) in [5.41, 5.74) is 2.17. The molecular formula is C13H21NO. The summed E-state index contributed by atoms with van der Waals surface area (Å²) in [5.74, 6) is -0.0204. The number of aliphatic imine (C=N–C) groups is 1. The quantitative estimate of drug-likeness (QED) is 0.598. The second-order valence-electron chi connectivity index (χ2n) is 6.18. The van der Waals surface area contributed by atoms with Gasteiger partial charge in [0.25, 0.3) is 0 Å². The molecule has 1 amide bonds. The van der Waals surface area contributed by atoms with Crippen LogP contribution in [0.5, 0.6) is 0 Å². The van der Waals surface area contributed by atoms with Crippen LogP contribution in [0.15, 0.2) is 16.6 Å². The number of hydrogen-bond acceptors (Lipinski definition) is 1. The third-order valence-electron chi connectivity index (χ3n) is 2.49. The standard InChI is InChI=1S/C13H21NO/c1-12(2,3)9-7-8-10(15)14-11(9)13(4,5)6/h7H,8H2,1-6H3. The second kappa shape index (κ2) is 3.58. The molecule has 0 spiro atoms. The van der Waals surface area contributed by atoms with Crippen LogP contribution in [-0.4, -0.2) is 11.6 Å². The smallest absolute Gasteiger partial charge is 0.249 e. The fourth-order valence-corrected chi connectivity index (χ4v) is 1.75. The molecule has 15 heavy (non-hydrogen) atoms. The lowest BCUT2D eigenvalue weighted by molar-refractivity contribution is -0.117. The Bertz CT molecular complexity index is 335. The van der Waals surface area contributed by atoms with Gasteiger partial charge >= 0.3 is 0 Å². The normalized spacial score (nSPS) is 18.7. The van der Waals surface area contributed by atoms with E-state index in [9.17, 15) is 4.79 Å². The molecule has 2 nitrogen and oxygen atoms in total. The summed E-state index contributed by atoms with van der Waals surface area (Å²) < 4.78 is 0. The van der Waals surface area contributed by atoms with Crippen LogP contribution >= 0.6 is 0 Å². The molecule has 0 aliphatic carbocycles. The van der Waals surface area contributed by atoms with Crippen molar-refractivity contribution in [3.05, 3.63) is 11.6 Å². The van der Waals surface area contributed by atoms with Gasteiger partial charge in [-0.15, -0.1) is 0 Å².